The van der Waals surface area contributed by atoms with Gasteiger partial charge in [-0.2, -0.15) is 0 Å². The van der Waals surface area contributed by atoms with Gasteiger partial charge < -0.3 is 14.8 Å². The molecule has 1 N–H and O–H groups in total. The smallest absolute Gasteiger partial charge is 0.244 e. The third-order valence-corrected chi connectivity index (χ3v) is 3.19. The van der Waals surface area contributed by atoms with Gasteiger partial charge in [0, 0.05) is 18.2 Å². The van der Waals surface area contributed by atoms with Crippen LogP contribution in [-0.4, -0.2) is 20.1 Å². The fraction of sp³-hybridized carbons (Fsp3) is 0.167. The molecule has 0 fully saturated rings. The van der Waals surface area contributed by atoms with Gasteiger partial charge in [-0.1, -0.05) is 30.3 Å². The minimum absolute atomic E-state index is 0.151. The molecular weight excluding hydrogens is 278 g/mol. The number of amides is 1. The minimum atomic E-state index is -0.151. The van der Waals surface area contributed by atoms with Gasteiger partial charge in [0.25, 0.3) is 0 Å². The molecular formula is C18H19NO3. The highest BCUT2D eigenvalue weighted by Gasteiger charge is 2.02. The predicted octanol–water partition coefficient (Wildman–Crippen LogP) is 3.03. The molecule has 0 bridgehead atoms. The van der Waals surface area contributed by atoms with Crippen LogP contribution in [0.1, 0.15) is 11.1 Å². The van der Waals surface area contributed by atoms with E-state index in [9.17, 15) is 4.79 Å². The molecule has 0 heterocycles. The molecule has 2 rings (SSSR count). The Morgan fingerprint density at radius 3 is 2.45 bits per heavy atom. The number of ether oxygens (including phenoxy) is 2. The number of methoxy groups -OCH3 is 2. The summed E-state index contributed by atoms with van der Waals surface area (Å²) in [7, 11) is 3.24. The Bertz CT molecular complexity index is 648. The Kier molecular flexibility index (Phi) is 5.60. The molecule has 2 aromatic rings. The van der Waals surface area contributed by atoms with Crippen LogP contribution in [0.15, 0.2) is 54.6 Å². The van der Waals surface area contributed by atoms with Crippen molar-refractivity contribution in [1.82, 2.24) is 5.32 Å². The summed E-state index contributed by atoms with van der Waals surface area (Å²) < 4.78 is 10.3. The molecule has 22 heavy (non-hydrogen) atoms. The van der Waals surface area contributed by atoms with E-state index in [0.717, 1.165) is 22.6 Å². The normalized spacial score (nSPS) is 10.5. The van der Waals surface area contributed by atoms with Crippen LogP contribution in [0.5, 0.6) is 11.5 Å². The van der Waals surface area contributed by atoms with Crippen LogP contribution in [0, 0.1) is 0 Å². The lowest BCUT2D eigenvalue weighted by atomic mass is 10.2. The van der Waals surface area contributed by atoms with Crippen molar-refractivity contribution in [2.45, 2.75) is 6.54 Å². The molecule has 0 saturated heterocycles. The van der Waals surface area contributed by atoms with E-state index in [1.54, 1.807) is 20.3 Å². The largest absolute Gasteiger partial charge is 0.497 e. The van der Waals surface area contributed by atoms with Crippen LogP contribution in [0.2, 0.25) is 0 Å². The number of benzene rings is 2. The van der Waals surface area contributed by atoms with Crippen LogP contribution in [0.25, 0.3) is 6.08 Å². The average molecular weight is 297 g/mol. The first-order chi connectivity index (χ1) is 10.7. The Morgan fingerprint density at radius 1 is 1.05 bits per heavy atom. The molecule has 0 unspecified atom stereocenters. The molecule has 0 aliphatic carbocycles. The summed E-state index contributed by atoms with van der Waals surface area (Å²) in [5.41, 5.74) is 1.88. The molecule has 0 aliphatic rings. The van der Waals surface area contributed by atoms with Gasteiger partial charge >= 0.3 is 0 Å². The minimum Gasteiger partial charge on any atom is -0.497 e. The number of hydrogen-bond acceptors (Lipinski definition) is 3. The highest BCUT2D eigenvalue weighted by atomic mass is 16.5. The van der Waals surface area contributed by atoms with Crippen LogP contribution < -0.4 is 14.8 Å². The van der Waals surface area contributed by atoms with Gasteiger partial charge in [-0.15, -0.1) is 0 Å². The highest BCUT2D eigenvalue weighted by Crippen LogP contribution is 2.16. The summed E-state index contributed by atoms with van der Waals surface area (Å²) in [6.07, 6.45) is 3.27. The second kappa shape index (κ2) is 7.88. The van der Waals surface area contributed by atoms with Gasteiger partial charge in [0.1, 0.15) is 11.5 Å². The first-order valence-corrected chi connectivity index (χ1v) is 6.95. The van der Waals surface area contributed by atoms with Gasteiger partial charge in [-0.25, -0.2) is 0 Å². The topological polar surface area (TPSA) is 47.6 Å². The second-order valence-corrected chi connectivity index (χ2v) is 4.64. The lowest BCUT2D eigenvalue weighted by molar-refractivity contribution is -0.116. The average Bonchev–Trinajstić information content (AvgIpc) is 2.58. The third kappa shape index (κ3) is 4.38. The van der Waals surface area contributed by atoms with Gasteiger partial charge in [0.2, 0.25) is 5.91 Å². The van der Waals surface area contributed by atoms with Crippen LogP contribution in [0.3, 0.4) is 0 Å². The predicted molar refractivity (Wildman–Crippen MR) is 86.9 cm³/mol. The third-order valence-electron chi connectivity index (χ3n) is 3.19. The van der Waals surface area contributed by atoms with E-state index in [2.05, 4.69) is 5.32 Å². The number of rotatable bonds is 6. The Morgan fingerprint density at radius 2 is 1.77 bits per heavy atom. The quantitative estimate of drug-likeness (QED) is 0.834. The van der Waals surface area contributed by atoms with E-state index in [1.165, 1.54) is 6.08 Å². The van der Waals surface area contributed by atoms with Gasteiger partial charge in [-0.05, 0) is 29.8 Å². The van der Waals surface area contributed by atoms with E-state index in [1.807, 2.05) is 48.5 Å². The fourth-order valence-corrected chi connectivity index (χ4v) is 1.98. The van der Waals surface area contributed by atoms with E-state index in [-0.39, 0.29) is 5.91 Å². The van der Waals surface area contributed by atoms with E-state index in [4.69, 9.17) is 9.47 Å². The van der Waals surface area contributed by atoms with Gasteiger partial charge in [-0.3, -0.25) is 4.79 Å². The van der Waals surface area contributed by atoms with Crippen molar-refractivity contribution in [2.75, 3.05) is 14.2 Å². The maximum absolute atomic E-state index is 11.8. The number of hydrogen-bond donors (Lipinski definition) is 1. The molecule has 0 spiro atoms. The molecule has 114 valence electrons. The monoisotopic (exact) mass is 297 g/mol. The summed E-state index contributed by atoms with van der Waals surface area (Å²) >= 11 is 0. The zero-order chi connectivity index (χ0) is 15.8. The SMILES string of the molecule is COc1ccc(/C=C/C(=O)NCc2ccccc2OC)cc1. The number of carbonyl (C=O) groups excluding carboxylic acids is 1. The van der Waals surface area contributed by atoms with Crippen molar-refractivity contribution in [3.8, 4) is 11.5 Å². The lowest BCUT2D eigenvalue weighted by Gasteiger charge is -2.08. The zero-order valence-corrected chi connectivity index (χ0v) is 12.7. The molecule has 1 amide bonds. The van der Waals surface area contributed by atoms with E-state index < -0.39 is 0 Å². The van der Waals surface area contributed by atoms with Crippen molar-refractivity contribution in [3.05, 3.63) is 65.7 Å². The van der Waals surface area contributed by atoms with Crippen molar-refractivity contribution >= 4 is 12.0 Å². The fourth-order valence-electron chi connectivity index (χ4n) is 1.98. The van der Waals surface area contributed by atoms with Crippen LogP contribution in [0.4, 0.5) is 0 Å². The van der Waals surface area contributed by atoms with Crippen LogP contribution in [-0.2, 0) is 11.3 Å². The maximum Gasteiger partial charge on any atom is 0.244 e. The molecule has 0 aromatic heterocycles. The van der Waals surface area contributed by atoms with E-state index >= 15 is 0 Å². The molecule has 4 nitrogen and oxygen atoms in total. The van der Waals surface area contributed by atoms with Crippen LogP contribution >= 0.6 is 0 Å². The van der Waals surface area contributed by atoms with Gasteiger partial charge in [0.05, 0.1) is 14.2 Å². The molecule has 0 atom stereocenters. The van der Waals surface area contributed by atoms with Crippen molar-refractivity contribution < 1.29 is 14.3 Å². The Balaban J connectivity index is 1.90. The zero-order valence-electron chi connectivity index (χ0n) is 12.7. The first-order valence-electron chi connectivity index (χ1n) is 6.95. The number of para-hydroxylation sites is 1. The summed E-state index contributed by atoms with van der Waals surface area (Å²) in [6.45, 7) is 0.426. The van der Waals surface area contributed by atoms with Gasteiger partial charge in [0.15, 0.2) is 0 Å². The van der Waals surface area contributed by atoms with E-state index in [0.29, 0.717) is 6.54 Å². The first kappa shape index (κ1) is 15.6. The van der Waals surface area contributed by atoms with Crippen molar-refractivity contribution in [1.29, 1.82) is 0 Å². The molecule has 0 aliphatic heterocycles. The Labute approximate surface area is 130 Å². The second-order valence-electron chi connectivity index (χ2n) is 4.64. The maximum atomic E-state index is 11.8. The van der Waals surface area contributed by atoms with Crippen molar-refractivity contribution in [3.63, 3.8) is 0 Å². The molecule has 0 radical (unpaired) electrons. The lowest BCUT2D eigenvalue weighted by Crippen LogP contribution is -2.20. The summed E-state index contributed by atoms with van der Waals surface area (Å²) in [4.78, 5) is 11.8. The standard InChI is InChI=1S/C18H19NO3/c1-21-16-10-7-14(8-11-16)9-12-18(20)19-13-15-5-3-4-6-17(15)22-2/h3-12H,13H2,1-2H3,(H,19,20)/b12-9+. The number of carbonyl (C=O) groups is 1. The number of nitrogens with one attached hydrogen (secondary N) is 1. The summed E-state index contributed by atoms with van der Waals surface area (Å²) in [5.74, 6) is 1.40. The summed E-state index contributed by atoms with van der Waals surface area (Å²) in [5, 5.41) is 2.84. The molecule has 4 heteroatoms. The highest BCUT2D eigenvalue weighted by molar-refractivity contribution is 5.91. The molecule has 0 saturated carbocycles. The molecule has 2 aromatic carbocycles. The van der Waals surface area contributed by atoms with Crippen molar-refractivity contribution in [2.24, 2.45) is 0 Å². The Hall–Kier alpha value is -2.75. The summed E-state index contributed by atoms with van der Waals surface area (Å²) in [6, 6.07) is 15.1.